The van der Waals surface area contributed by atoms with Gasteiger partial charge in [0, 0.05) is 58.4 Å². The van der Waals surface area contributed by atoms with E-state index in [1.807, 2.05) is 18.3 Å². The van der Waals surface area contributed by atoms with Crippen molar-refractivity contribution in [2.45, 2.75) is 19.4 Å². The zero-order chi connectivity index (χ0) is 14.7. The summed E-state index contributed by atoms with van der Waals surface area (Å²) in [6, 6.07) is 10.9. The number of pyridine rings is 1. The van der Waals surface area contributed by atoms with Gasteiger partial charge < -0.3 is 19.7 Å². The summed E-state index contributed by atoms with van der Waals surface area (Å²) < 4.78 is 5.18. The summed E-state index contributed by atoms with van der Waals surface area (Å²) in [7, 11) is 1.61. The number of aliphatic hydroxyl groups excluding tert-OH is 1. The fourth-order valence-corrected chi connectivity index (χ4v) is 2.73. The fourth-order valence-electron chi connectivity index (χ4n) is 2.73. The third-order valence-corrected chi connectivity index (χ3v) is 3.87. The SMILES string of the molecule is COc1c[c-]c(-c2cc(N3CCCC3)ccn2)c(CO)c1.[Pt]. The number of ether oxygens (including phenoxy) is 1. The second kappa shape index (κ2) is 7.75. The Kier molecular flexibility index (Phi) is 5.98. The molecule has 0 spiro atoms. The average molecular weight is 478 g/mol. The van der Waals surface area contributed by atoms with E-state index in [9.17, 15) is 5.11 Å². The molecule has 0 aliphatic carbocycles. The Morgan fingerprint density at radius 1 is 1.32 bits per heavy atom. The molecule has 1 aromatic carbocycles. The summed E-state index contributed by atoms with van der Waals surface area (Å²) >= 11 is 0. The molecule has 1 N–H and O–H groups in total. The van der Waals surface area contributed by atoms with Gasteiger partial charge in [0.15, 0.2) is 0 Å². The Balaban J connectivity index is 0.00000176. The van der Waals surface area contributed by atoms with Gasteiger partial charge in [0.1, 0.15) is 0 Å². The molecule has 5 heteroatoms. The maximum Gasteiger partial charge on any atom is 0.0647 e. The summed E-state index contributed by atoms with van der Waals surface area (Å²) in [4.78, 5) is 6.80. The minimum atomic E-state index is -0.0569. The zero-order valence-corrected chi connectivity index (χ0v) is 14.8. The molecule has 0 unspecified atom stereocenters. The van der Waals surface area contributed by atoms with Crippen LogP contribution in [0.5, 0.6) is 5.75 Å². The maximum atomic E-state index is 9.57. The number of anilines is 1. The molecular weight excluding hydrogens is 459 g/mol. The van der Waals surface area contributed by atoms with Gasteiger partial charge in [0.25, 0.3) is 0 Å². The molecule has 1 fully saturated rings. The van der Waals surface area contributed by atoms with E-state index < -0.39 is 0 Å². The van der Waals surface area contributed by atoms with Gasteiger partial charge in [0.2, 0.25) is 0 Å². The summed E-state index contributed by atoms with van der Waals surface area (Å²) in [5.74, 6) is 0.693. The van der Waals surface area contributed by atoms with Gasteiger partial charge in [-0.3, -0.25) is 0 Å². The second-order valence-corrected chi connectivity index (χ2v) is 5.19. The van der Waals surface area contributed by atoms with E-state index in [4.69, 9.17) is 4.74 Å². The summed E-state index contributed by atoms with van der Waals surface area (Å²) in [5, 5.41) is 9.57. The van der Waals surface area contributed by atoms with Crippen LogP contribution in [0.2, 0.25) is 0 Å². The van der Waals surface area contributed by atoms with Gasteiger partial charge in [-0.1, -0.05) is 17.7 Å². The topological polar surface area (TPSA) is 45.6 Å². The Bertz CT molecular complexity index is 628. The van der Waals surface area contributed by atoms with Crippen molar-refractivity contribution in [3.63, 3.8) is 0 Å². The summed E-state index contributed by atoms with van der Waals surface area (Å²) in [5.41, 5.74) is 3.64. The predicted molar refractivity (Wildman–Crippen MR) is 82.4 cm³/mol. The number of hydrogen-bond donors (Lipinski definition) is 1. The molecule has 1 aromatic heterocycles. The first kappa shape index (κ1) is 17.0. The van der Waals surface area contributed by atoms with Gasteiger partial charge >= 0.3 is 0 Å². The van der Waals surface area contributed by atoms with Gasteiger partial charge in [0.05, 0.1) is 7.11 Å². The number of methoxy groups -OCH3 is 1. The number of benzene rings is 1. The Labute approximate surface area is 145 Å². The molecule has 0 amide bonds. The van der Waals surface area contributed by atoms with Crippen LogP contribution in [0.25, 0.3) is 11.3 Å². The molecule has 3 rings (SSSR count). The monoisotopic (exact) mass is 478 g/mol. The molecule has 0 bridgehead atoms. The average Bonchev–Trinajstić information content (AvgIpc) is 3.09. The molecule has 1 aliphatic heterocycles. The van der Waals surface area contributed by atoms with Crippen LogP contribution in [0.1, 0.15) is 18.4 Å². The Morgan fingerprint density at radius 3 is 2.77 bits per heavy atom. The first-order valence-corrected chi connectivity index (χ1v) is 7.22. The molecule has 4 nitrogen and oxygen atoms in total. The molecule has 2 aromatic rings. The quantitative estimate of drug-likeness (QED) is 0.687. The number of aliphatic hydroxyl groups is 1. The van der Waals surface area contributed by atoms with Gasteiger partial charge in [-0.25, -0.2) is 0 Å². The van der Waals surface area contributed by atoms with Crippen LogP contribution in [0.3, 0.4) is 0 Å². The van der Waals surface area contributed by atoms with E-state index in [0.717, 1.165) is 29.9 Å². The Morgan fingerprint density at radius 2 is 2.09 bits per heavy atom. The number of aromatic nitrogens is 1. The number of rotatable bonds is 4. The van der Waals surface area contributed by atoms with Crippen molar-refractivity contribution in [1.29, 1.82) is 0 Å². The van der Waals surface area contributed by atoms with E-state index in [2.05, 4.69) is 22.0 Å². The molecule has 2 heterocycles. The molecule has 1 aliphatic rings. The van der Waals surface area contributed by atoms with E-state index >= 15 is 0 Å². The third-order valence-electron chi connectivity index (χ3n) is 3.87. The summed E-state index contributed by atoms with van der Waals surface area (Å²) in [6.07, 6.45) is 4.31. The second-order valence-electron chi connectivity index (χ2n) is 5.19. The fraction of sp³-hybridized carbons (Fsp3) is 0.353. The third kappa shape index (κ3) is 3.50. The van der Waals surface area contributed by atoms with Crippen molar-refractivity contribution in [2.24, 2.45) is 0 Å². The van der Waals surface area contributed by atoms with Crippen LogP contribution in [0, 0.1) is 6.07 Å². The van der Waals surface area contributed by atoms with Crippen LogP contribution in [0.15, 0.2) is 30.5 Å². The number of nitrogens with zero attached hydrogens (tertiary/aromatic N) is 2. The van der Waals surface area contributed by atoms with Crippen LogP contribution < -0.4 is 9.64 Å². The standard InChI is InChI=1S/C17H19N2O2.Pt/c1-21-15-4-5-16(13(10-15)12-20)17-11-14(6-7-18-17)19-8-2-3-9-19;/h4,6-7,10-11,20H,2-3,8-9,12H2,1H3;/q-1;. The molecule has 0 atom stereocenters. The first-order chi connectivity index (χ1) is 10.3. The van der Waals surface area contributed by atoms with Gasteiger partial charge in [-0.2, -0.15) is 0 Å². The van der Waals surface area contributed by atoms with E-state index in [1.165, 1.54) is 18.5 Å². The van der Waals surface area contributed by atoms with Crippen molar-refractivity contribution < 1.29 is 30.9 Å². The van der Waals surface area contributed by atoms with Crippen molar-refractivity contribution in [3.05, 3.63) is 42.1 Å². The van der Waals surface area contributed by atoms with Crippen molar-refractivity contribution >= 4 is 5.69 Å². The number of hydrogen-bond acceptors (Lipinski definition) is 4. The van der Waals surface area contributed by atoms with Crippen LogP contribution >= 0.6 is 0 Å². The molecule has 1 saturated heterocycles. The maximum absolute atomic E-state index is 9.57. The minimum Gasteiger partial charge on any atom is -0.540 e. The van der Waals surface area contributed by atoms with Gasteiger partial charge in [-0.05, 0) is 24.6 Å². The zero-order valence-electron chi connectivity index (χ0n) is 12.5. The van der Waals surface area contributed by atoms with Crippen LogP contribution in [-0.2, 0) is 27.7 Å². The van der Waals surface area contributed by atoms with Crippen molar-refractivity contribution in [1.82, 2.24) is 4.98 Å². The van der Waals surface area contributed by atoms with Crippen LogP contribution in [-0.4, -0.2) is 30.3 Å². The first-order valence-electron chi connectivity index (χ1n) is 7.22. The summed E-state index contributed by atoms with van der Waals surface area (Å²) in [6.45, 7) is 2.14. The van der Waals surface area contributed by atoms with Crippen molar-refractivity contribution in [2.75, 3.05) is 25.1 Å². The predicted octanol–water partition coefficient (Wildman–Crippen LogP) is 2.65. The van der Waals surface area contributed by atoms with Crippen LogP contribution in [0.4, 0.5) is 5.69 Å². The Hall–Kier alpha value is -1.38. The molecular formula is C17H19N2O2Pt-. The molecule has 120 valence electrons. The normalized spacial score (nSPS) is 13.8. The molecule has 0 radical (unpaired) electrons. The molecule has 0 saturated carbocycles. The molecule has 22 heavy (non-hydrogen) atoms. The van der Waals surface area contributed by atoms with E-state index in [1.54, 1.807) is 13.2 Å². The van der Waals surface area contributed by atoms with Crippen molar-refractivity contribution in [3.8, 4) is 17.0 Å². The minimum absolute atomic E-state index is 0. The largest absolute Gasteiger partial charge is 0.540 e. The van der Waals surface area contributed by atoms with Gasteiger partial charge in [-0.15, -0.1) is 17.7 Å². The van der Waals surface area contributed by atoms with E-state index in [0.29, 0.717) is 5.75 Å². The smallest absolute Gasteiger partial charge is 0.0647 e. The van der Waals surface area contributed by atoms with E-state index in [-0.39, 0.29) is 27.7 Å².